The van der Waals surface area contributed by atoms with E-state index in [4.69, 9.17) is 0 Å². The highest BCUT2D eigenvalue weighted by atomic mass is 19.1. The van der Waals surface area contributed by atoms with E-state index in [0.717, 1.165) is 11.1 Å². The van der Waals surface area contributed by atoms with Gasteiger partial charge >= 0.3 is 0 Å². The summed E-state index contributed by atoms with van der Waals surface area (Å²) in [5, 5.41) is 5.56. The second kappa shape index (κ2) is 5.44. The number of carbonyl (C=O) groups is 1. The molecule has 1 heterocycles. The highest BCUT2D eigenvalue weighted by Crippen LogP contribution is 2.31. The predicted octanol–water partition coefficient (Wildman–Crippen LogP) is 3.27. The topological polar surface area (TPSA) is 32.7 Å². The number of amides is 1. The van der Waals surface area contributed by atoms with E-state index >= 15 is 0 Å². The van der Waals surface area contributed by atoms with Gasteiger partial charge < -0.3 is 0 Å². The zero-order valence-corrected chi connectivity index (χ0v) is 11.0. The minimum Gasteiger partial charge on any atom is -0.277 e. The maximum absolute atomic E-state index is 13.0. The van der Waals surface area contributed by atoms with Crippen molar-refractivity contribution in [1.82, 2.24) is 5.01 Å². The summed E-state index contributed by atoms with van der Waals surface area (Å²) in [6.45, 7) is 0. The summed E-state index contributed by atoms with van der Waals surface area (Å²) < 4.78 is 25.9. The van der Waals surface area contributed by atoms with Crippen LogP contribution < -0.4 is 0 Å². The van der Waals surface area contributed by atoms with Crippen LogP contribution in [-0.4, -0.2) is 17.1 Å². The highest BCUT2D eigenvalue weighted by Gasteiger charge is 2.28. The molecular formula is C16H12F2N2O. The van der Waals surface area contributed by atoms with Gasteiger partial charge in [0.05, 0.1) is 11.8 Å². The van der Waals surface area contributed by atoms with Gasteiger partial charge in [-0.2, -0.15) is 5.10 Å². The Balaban J connectivity index is 1.88. The van der Waals surface area contributed by atoms with Gasteiger partial charge in [0.1, 0.15) is 11.6 Å². The number of carbonyl (C=O) groups excluding carboxylic acids is 1. The Morgan fingerprint density at radius 2 is 1.57 bits per heavy atom. The minimum absolute atomic E-state index is 0.261. The maximum Gasteiger partial charge on any atom is 0.230 e. The van der Waals surface area contributed by atoms with Crippen LogP contribution in [0.25, 0.3) is 0 Å². The Morgan fingerprint density at radius 3 is 2.14 bits per heavy atom. The fourth-order valence-corrected chi connectivity index (χ4v) is 2.40. The summed E-state index contributed by atoms with van der Waals surface area (Å²) in [6, 6.07) is 11.7. The summed E-state index contributed by atoms with van der Waals surface area (Å²) in [6.07, 6.45) is 1.15. The average Bonchev–Trinajstić information content (AvgIpc) is 2.93. The number of hydrazone groups is 1. The predicted molar refractivity (Wildman–Crippen MR) is 74.6 cm³/mol. The van der Waals surface area contributed by atoms with Crippen molar-refractivity contribution in [3.63, 3.8) is 0 Å². The van der Waals surface area contributed by atoms with Gasteiger partial charge in [-0.05, 0) is 35.4 Å². The molecule has 106 valence electrons. The van der Waals surface area contributed by atoms with Gasteiger partial charge in [-0.3, -0.25) is 4.79 Å². The largest absolute Gasteiger partial charge is 0.277 e. The molecule has 0 aromatic heterocycles. The molecule has 1 atom stereocenters. The molecule has 5 heteroatoms. The summed E-state index contributed by atoms with van der Waals surface area (Å²) >= 11 is 0. The van der Waals surface area contributed by atoms with E-state index in [-0.39, 0.29) is 17.7 Å². The first-order valence-corrected chi connectivity index (χ1v) is 6.50. The first kappa shape index (κ1) is 13.4. The van der Waals surface area contributed by atoms with Crippen LogP contribution in [0.15, 0.2) is 53.6 Å². The summed E-state index contributed by atoms with van der Waals surface area (Å²) in [5.74, 6) is -0.645. The molecule has 0 spiro atoms. The van der Waals surface area contributed by atoms with Gasteiger partial charge in [-0.15, -0.1) is 0 Å². The minimum atomic E-state index is -0.325. The van der Waals surface area contributed by atoms with Crippen molar-refractivity contribution >= 4 is 12.1 Å². The zero-order valence-electron chi connectivity index (χ0n) is 11.0. The smallest absolute Gasteiger partial charge is 0.230 e. The number of rotatable bonds is 3. The van der Waals surface area contributed by atoms with Crippen LogP contribution in [0.1, 0.15) is 23.6 Å². The van der Waals surface area contributed by atoms with Crippen LogP contribution in [0.3, 0.4) is 0 Å². The third-order valence-corrected chi connectivity index (χ3v) is 3.48. The summed E-state index contributed by atoms with van der Waals surface area (Å²) in [5.41, 5.74) is 2.29. The lowest BCUT2D eigenvalue weighted by Crippen LogP contribution is -2.17. The molecular weight excluding hydrogens is 274 g/mol. The molecule has 3 nitrogen and oxygen atoms in total. The second-order valence-electron chi connectivity index (χ2n) is 4.81. The van der Waals surface area contributed by atoms with E-state index in [1.807, 2.05) is 0 Å². The van der Waals surface area contributed by atoms with Crippen LogP contribution >= 0.6 is 0 Å². The maximum atomic E-state index is 13.0. The number of nitrogens with zero attached hydrogens (tertiary/aromatic N) is 2. The SMILES string of the molecule is O=CN1N=C(c2ccc(F)cc2)C[C@@H]1c1ccc(F)cc1. The van der Waals surface area contributed by atoms with Crippen LogP contribution in [0.4, 0.5) is 8.78 Å². The van der Waals surface area contributed by atoms with E-state index in [2.05, 4.69) is 5.10 Å². The van der Waals surface area contributed by atoms with Crippen molar-refractivity contribution in [3.8, 4) is 0 Å². The number of hydrogen-bond donors (Lipinski definition) is 0. The molecule has 0 fully saturated rings. The average molecular weight is 286 g/mol. The van der Waals surface area contributed by atoms with E-state index in [1.165, 1.54) is 29.3 Å². The third kappa shape index (κ3) is 2.67. The van der Waals surface area contributed by atoms with Gasteiger partial charge in [-0.1, -0.05) is 24.3 Å². The van der Waals surface area contributed by atoms with Crippen LogP contribution in [-0.2, 0) is 4.79 Å². The van der Waals surface area contributed by atoms with Crippen molar-refractivity contribution in [2.24, 2.45) is 5.10 Å². The van der Waals surface area contributed by atoms with E-state index in [0.29, 0.717) is 18.5 Å². The molecule has 0 bridgehead atoms. The van der Waals surface area contributed by atoms with Gasteiger partial charge in [0.15, 0.2) is 0 Å². The molecule has 1 amide bonds. The van der Waals surface area contributed by atoms with Gasteiger partial charge in [0.25, 0.3) is 0 Å². The van der Waals surface area contributed by atoms with Crippen molar-refractivity contribution in [3.05, 3.63) is 71.3 Å². The Morgan fingerprint density at radius 1 is 1.00 bits per heavy atom. The number of hydrogen-bond acceptors (Lipinski definition) is 2. The fraction of sp³-hybridized carbons (Fsp3) is 0.125. The van der Waals surface area contributed by atoms with Crippen molar-refractivity contribution in [1.29, 1.82) is 0 Å². The molecule has 2 aromatic carbocycles. The molecule has 0 radical (unpaired) electrons. The molecule has 1 aliphatic rings. The second-order valence-corrected chi connectivity index (χ2v) is 4.81. The molecule has 21 heavy (non-hydrogen) atoms. The van der Waals surface area contributed by atoms with Crippen LogP contribution in [0.2, 0.25) is 0 Å². The molecule has 2 aromatic rings. The normalized spacial score (nSPS) is 17.7. The molecule has 0 saturated carbocycles. The first-order valence-electron chi connectivity index (χ1n) is 6.50. The van der Waals surface area contributed by atoms with E-state index in [1.54, 1.807) is 24.3 Å². The Bertz CT molecular complexity index is 680. The van der Waals surface area contributed by atoms with Crippen molar-refractivity contribution in [2.45, 2.75) is 12.5 Å². The Labute approximate surface area is 120 Å². The third-order valence-electron chi connectivity index (χ3n) is 3.48. The Kier molecular flexibility index (Phi) is 3.48. The lowest BCUT2D eigenvalue weighted by atomic mass is 9.98. The quantitative estimate of drug-likeness (QED) is 0.797. The molecule has 0 saturated heterocycles. The summed E-state index contributed by atoms with van der Waals surface area (Å²) in [4.78, 5) is 11.2. The summed E-state index contributed by atoms with van der Waals surface area (Å²) in [7, 11) is 0. The molecule has 0 aliphatic carbocycles. The van der Waals surface area contributed by atoms with E-state index < -0.39 is 0 Å². The van der Waals surface area contributed by atoms with Crippen LogP contribution in [0, 0.1) is 11.6 Å². The zero-order chi connectivity index (χ0) is 14.8. The molecule has 1 aliphatic heterocycles. The molecule has 0 unspecified atom stereocenters. The van der Waals surface area contributed by atoms with Gasteiger partial charge in [0.2, 0.25) is 6.41 Å². The standard InChI is InChI=1S/C16H12F2N2O/c17-13-5-1-11(2-6-13)15-9-16(20(10-21)19-15)12-3-7-14(18)8-4-12/h1-8,10,16H,9H2/t16-/m1/s1. The first-order chi connectivity index (χ1) is 10.2. The molecule has 3 rings (SSSR count). The van der Waals surface area contributed by atoms with Crippen molar-refractivity contribution in [2.75, 3.05) is 0 Å². The Hall–Kier alpha value is -2.56. The van der Waals surface area contributed by atoms with E-state index in [9.17, 15) is 13.6 Å². The van der Waals surface area contributed by atoms with Crippen LogP contribution in [0.5, 0.6) is 0 Å². The lowest BCUT2D eigenvalue weighted by molar-refractivity contribution is -0.119. The number of benzene rings is 2. The highest BCUT2D eigenvalue weighted by molar-refractivity contribution is 6.02. The monoisotopic (exact) mass is 286 g/mol. The lowest BCUT2D eigenvalue weighted by Gasteiger charge is -2.17. The number of halogens is 2. The fourth-order valence-electron chi connectivity index (χ4n) is 2.40. The van der Waals surface area contributed by atoms with Gasteiger partial charge in [0, 0.05) is 6.42 Å². The molecule has 0 N–H and O–H groups in total. The van der Waals surface area contributed by atoms with Crippen molar-refractivity contribution < 1.29 is 13.6 Å². The van der Waals surface area contributed by atoms with Gasteiger partial charge in [-0.25, -0.2) is 13.8 Å².